The van der Waals surface area contributed by atoms with E-state index in [1.165, 1.54) is 24.6 Å². The maximum atomic E-state index is 12.8. The molecule has 1 fully saturated rings. The molecule has 1 atom stereocenters. The van der Waals surface area contributed by atoms with E-state index in [0.29, 0.717) is 30.6 Å². The van der Waals surface area contributed by atoms with E-state index in [2.05, 4.69) is 10.3 Å². The summed E-state index contributed by atoms with van der Waals surface area (Å²) in [6.07, 6.45) is 6.43. The molecule has 3 rings (SSSR count). The number of methoxy groups -OCH3 is 1. The van der Waals surface area contributed by atoms with Gasteiger partial charge in [0.05, 0.1) is 30.2 Å². The minimum absolute atomic E-state index is 0.0334. The van der Waals surface area contributed by atoms with Gasteiger partial charge in [0.1, 0.15) is 0 Å². The number of thioether (sulfide) groups is 1. The Labute approximate surface area is 152 Å². The van der Waals surface area contributed by atoms with Crippen LogP contribution in [0.4, 0.5) is 0 Å². The van der Waals surface area contributed by atoms with Crippen LogP contribution in [-0.2, 0) is 17.9 Å². The van der Waals surface area contributed by atoms with Crippen molar-refractivity contribution in [3.63, 3.8) is 0 Å². The van der Waals surface area contributed by atoms with E-state index < -0.39 is 0 Å². The van der Waals surface area contributed by atoms with Crippen LogP contribution >= 0.6 is 11.8 Å². The van der Waals surface area contributed by atoms with E-state index in [-0.39, 0.29) is 17.1 Å². The zero-order chi connectivity index (χ0) is 18.0. The first-order valence-electron chi connectivity index (χ1n) is 8.73. The Hall–Kier alpha value is -1.76. The van der Waals surface area contributed by atoms with Gasteiger partial charge in [-0.15, -0.1) is 0 Å². The summed E-state index contributed by atoms with van der Waals surface area (Å²) in [6.45, 7) is 2.73. The predicted octanol–water partition coefficient (Wildman–Crippen LogP) is 2.36. The summed E-state index contributed by atoms with van der Waals surface area (Å²) in [6, 6.07) is 2.17. The number of aromatic nitrogens is 1. The van der Waals surface area contributed by atoms with Gasteiger partial charge in [-0.1, -0.05) is 12.8 Å². The molecule has 1 saturated carbocycles. The van der Waals surface area contributed by atoms with E-state index in [4.69, 9.17) is 4.74 Å². The van der Waals surface area contributed by atoms with Crippen LogP contribution in [0.15, 0.2) is 6.07 Å². The average molecular weight is 363 g/mol. The third kappa shape index (κ3) is 3.61. The molecular formula is C18H25N3O3S. The summed E-state index contributed by atoms with van der Waals surface area (Å²) in [7, 11) is 1.57. The quantitative estimate of drug-likeness (QED) is 0.840. The summed E-state index contributed by atoms with van der Waals surface area (Å²) < 4.78 is 5.39. The number of pyridine rings is 1. The van der Waals surface area contributed by atoms with Crippen molar-refractivity contribution >= 4 is 23.6 Å². The number of hydrogen-bond donors (Lipinski definition) is 1. The second kappa shape index (κ2) is 7.64. The fourth-order valence-electron chi connectivity index (χ4n) is 3.51. The van der Waals surface area contributed by atoms with E-state index in [0.717, 1.165) is 24.1 Å². The number of fused-ring (bicyclic) bond motifs is 1. The molecule has 136 valence electrons. The van der Waals surface area contributed by atoms with Gasteiger partial charge in [-0.05, 0) is 32.1 Å². The monoisotopic (exact) mass is 363 g/mol. The van der Waals surface area contributed by atoms with Crippen LogP contribution in [0, 0.1) is 0 Å². The van der Waals surface area contributed by atoms with Gasteiger partial charge >= 0.3 is 0 Å². The average Bonchev–Trinajstić information content (AvgIpc) is 3.26. The number of nitrogens with one attached hydrogen (secondary N) is 1. The highest BCUT2D eigenvalue weighted by molar-refractivity contribution is 7.99. The molecule has 0 spiro atoms. The molecule has 1 aromatic heterocycles. The lowest BCUT2D eigenvalue weighted by Crippen LogP contribution is -2.33. The molecule has 25 heavy (non-hydrogen) atoms. The van der Waals surface area contributed by atoms with Crippen molar-refractivity contribution in [2.24, 2.45) is 0 Å². The summed E-state index contributed by atoms with van der Waals surface area (Å²) in [4.78, 5) is 31.3. The fraction of sp³-hybridized carbons (Fsp3) is 0.611. The second-order valence-electron chi connectivity index (χ2n) is 6.62. The molecule has 2 aliphatic rings. The molecule has 0 saturated heterocycles. The Balaban J connectivity index is 1.78. The third-order valence-corrected chi connectivity index (χ3v) is 6.01. The lowest BCUT2D eigenvalue weighted by atomic mass is 10.1. The first-order valence-corrected chi connectivity index (χ1v) is 10.0. The van der Waals surface area contributed by atoms with E-state index in [9.17, 15) is 9.59 Å². The van der Waals surface area contributed by atoms with Crippen LogP contribution in [0.2, 0.25) is 0 Å². The van der Waals surface area contributed by atoms with E-state index in [1.807, 2.05) is 24.1 Å². The molecule has 1 aliphatic heterocycles. The Morgan fingerprint density at radius 3 is 2.84 bits per heavy atom. The number of carbonyl (C=O) groups excluding carboxylic acids is 2. The number of carbonyl (C=O) groups is 2. The minimum atomic E-state index is -0.118. The van der Waals surface area contributed by atoms with Crippen LogP contribution in [0.25, 0.3) is 0 Å². The molecule has 6 nitrogen and oxygen atoms in total. The number of hydrogen-bond acceptors (Lipinski definition) is 5. The van der Waals surface area contributed by atoms with Gasteiger partial charge in [0.2, 0.25) is 11.8 Å². The van der Waals surface area contributed by atoms with Gasteiger partial charge in [-0.3, -0.25) is 9.59 Å². The standard InChI is InChI=1S/C18H25N3O3S/c1-11(25-3)16(22)19-9-12-8-14-15(20-17(12)24-2)10-21(18(14)23)13-6-4-5-7-13/h8,11,13H,4-7,9-10H2,1-3H3,(H,19,22)/t11-/m0/s1. The van der Waals surface area contributed by atoms with Crippen molar-refractivity contribution in [3.8, 4) is 5.88 Å². The molecule has 0 radical (unpaired) electrons. The van der Waals surface area contributed by atoms with Crippen molar-refractivity contribution in [1.29, 1.82) is 0 Å². The molecule has 0 bridgehead atoms. The maximum absolute atomic E-state index is 12.8. The van der Waals surface area contributed by atoms with Gasteiger partial charge in [0.15, 0.2) is 0 Å². The largest absolute Gasteiger partial charge is 0.481 e. The third-order valence-electron chi connectivity index (χ3n) is 5.09. The summed E-state index contributed by atoms with van der Waals surface area (Å²) >= 11 is 1.49. The number of rotatable bonds is 6. The summed E-state index contributed by atoms with van der Waals surface area (Å²) in [5.74, 6) is 0.507. The van der Waals surface area contributed by atoms with Crippen LogP contribution in [0.1, 0.15) is 54.2 Å². The highest BCUT2D eigenvalue weighted by atomic mass is 32.2. The van der Waals surface area contributed by atoms with Crippen LogP contribution in [-0.4, -0.2) is 46.4 Å². The lowest BCUT2D eigenvalue weighted by molar-refractivity contribution is -0.120. The SMILES string of the molecule is COc1nc2c(cc1CNC(=O)[C@H](C)SC)C(=O)N(C1CCCC1)C2. The molecule has 2 amide bonds. The van der Waals surface area contributed by atoms with Gasteiger partial charge in [0, 0.05) is 18.2 Å². The zero-order valence-electron chi connectivity index (χ0n) is 15.0. The minimum Gasteiger partial charge on any atom is -0.481 e. The van der Waals surface area contributed by atoms with Crippen LogP contribution in [0.5, 0.6) is 5.88 Å². The number of ether oxygens (including phenoxy) is 1. The maximum Gasteiger partial charge on any atom is 0.256 e. The molecule has 0 unspecified atom stereocenters. The Kier molecular flexibility index (Phi) is 5.51. The molecule has 1 N–H and O–H groups in total. The fourth-order valence-corrected chi connectivity index (χ4v) is 3.81. The van der Waals surface area contributed by atoms with E-state index >= 15 is 0 Å². The van der Waals surface area contributed by atoms with Crippen molar-refractivity contribution in [2.45, 2.75) is 57.0 Å². The van der Waals surface area contributed by atoms with Crippen molar-refractivity contribution in [2.75, 3.05) is 13.4 Å². The van der Waals surface area contributed by atoms with Crippen molar-refractivity contribution < 1.29 is 14.3 Å². The summed E-state index contributed by atoms with van der Waals surface area (Å²) in [5.41, 5.74) is 2.17. The first-order chi connectivity index (χ1) is 12.0. The molecule has 1 aromatic rings. The Morgan fingerprint density at radius 1 is 1.48 bits per heavy atom. The van der Waals surface area contributed by atoms with Crippen LogP contribution in [0.3, 0.4) is 0 Å². The number of nitrogens with zero attached hydrogens (tertiary/aromatic N) is 2. The molecule has 7 heteroatoms. The highest BCUT2D eigenvalue weighted by Crippen LogP contribution is 2.33. The van der Waals surface area contributed by atoms with Gasteiger partial charge in [-0.25, -0.2) is 4.98 Å². The highest BCUT2D eigenvalue weighted by Gasteiger charge is 2.35. The summed E-state index contributed by atoms with van der Waals surface area (Å²) in [5, 5.41) is 2.77. The van der Waals surface area contributed by atoms with E-state index in [1.54, 1.807) is 7.11 Å². The van der Waals surface area contributed by atoms with Gasteiger partial charge in [0.25, 0.3) is 5.91 Å². The molecule has 2 heterocycles. The van der Waals surface area contributed by atoms with Crippen LogP contribution < -0.4 is 10.1 Å². The number of amides is 2. The lowest BCUT2D eigenvalue weighted by Gasteiger charge is -2.22. The predicted molar refractivity (Wildman–Crippen MR) is 97.7 cm³/mol. The first kappa shape index (κ1) is 18.0. The molecule has 0 aromatic carbocycles. The zero-order valence-corrected chi connectivity index (χ0v) is 15.8. The Bertz CT molecular complexity index is 674. The topological polar surface area (TPSA) is 71.5 Å². The van der Waals surface area contributed by atoms with Gasteiger partial charge in [-0.2, -0.15) is 11.8 Å². The smallest absolute Gasteiger partial charge is 0.256 e. The Morgan fingerprint density at radius 2 is 2.20 bits per heavy atom. The van der Waals surface area contributed by atoms with Gasteiger partial charge < -0.3 is 15.0 Å². The second-order valence-corrected chi connectivity index (χ2v) is 7.80. The normalized spacial score (nSPS) is 18.4. The molecular weight excluding hydrogens is 338 g/mol. The van der Waals surface area contributed by atoms with Crippen molar-refractivity contribution in [1.82, 2.24) is 15.2 Å². The van der Waals surface area contributed by atoms with Crippen molar-refractivity contribution in [3.05, 3.63) is 22.9 Å². The molecule has 1 aliphatic carbocycles.